The Morgan fingerprint density at radius 2 is 1.42 bits per heavy atom. The molecule has 1 aliphatic rings. The maximum absolute atomic E-state index is 6.69. The van der Waals surface area contributed by atoms with Crippen molar-refractivity contribution in [2.45, 2.75) is 40.5 Å². The van der Waals surface area contributed by atoms with E-state index in [1.165, 1.54) is 54.8 Å². The average molecular weight is 625 g/mol. The van der Waals surface area contributed by atoms with E-state index >= 15 is 0 Å². The predicted molar refractivity (Wildman–Crippen MR) is 207 cm³/mol. The van der Waals surface area contributed by atoms with Gasteiger partial charge in [-0.25, -0.2) is 0 Å². The Morgan fingerprint density at radius 3 is 2.15 bits per heavy atom. The number of furan rings is 1. The van der Waals surface area contributed by atoms with E-state index in [2.05, 4.69) is 147 Å². The Morgan fingerprint density at radius 1 is 0.708 bits per heavy atom. The van der Waals surface area contributed by atoms with E-state index in [0.717, 1.165) is 52.2 Å². The standard InChI is InChI=1S/C45H40N2O/c1-6-7-8-18-42-31(4)36-16-11-17-41(45(36)48-42)47(35-15-10-13-30(3)28-35)40-26-22-33-19-23-37-39(46(5)34-14-9-12-29(2)27-34)25-21-32-20-24-38(40)44(33)43(32)37/h6-8,10-13,15-28H,9,14H2,1-5H3/b7-6-,18-8-. The van der Waals surface area contributed by atoms with Crippen molar-refractivity contribution in [2.75, 3.05) is 16.8 Å². The van der Waals surface area contributed by atoms with Crippen molar-refractivity contribution < 1.29 is 4.42 Å². The second kappa shape index (κ2) is 11.9. The monoisotopic (exact) mass is 624 g/mol. The molecule has 3 heteroatoms. The molecule has 0 N–H and O–H groups in total. The molecule has 236 valence electrons. The van der Waals surface area contributed by atoms with Crippen LogP contribution in [0.4, 0.5) is 22.7 Å². The molecule has 0 atom stereocenters. The summed E-state index contributed by atoms with van der Waals surface area (Å²) in [7, 11) is 2.22. The van der Waals surface area contributed by atoms with Gasteiger partial charge in [-0.2, -0.15) is 0 Å². The van der Waals surface area contributed by atoms with Crippen molar-refractivity contribution in [3.05, 3.63) is 150 Å². The van der Waals surface area contributed by atoms with Gasteiger partial charge in [0.15, 0.2) is 5.58 Å². The van der Waals surface area contributed by atoms with Gasteiger partial charge < -0.3 is 14.2 Å². The molecule has 7 aromatic rings. The smallest absolute Gasteiger partial charge is 0.159 e. The summed E-state index contributed by atoms with van der Waals surface area (Å²) in [5.41, 5.74) is 10.4. The summed E-state index contributed by atoms with van der Waals surface area (Å²) in [5, 5.41) is 8.73. The Labute approximate surface area is 282 Å². The molecule has 8 rings (SSSR count). The van der Waals surface area contributed by atoms with Crippen LogP contribution < -0.4 is 9.80 Å². The Hall–Kier alpha value is -5.54. The van der Waals surface area contributed by atoms with Gasteiger partial charge in [0.25, 0.3) is 0 Å². The zero-order valence-electron chi connectivity index (χ0n) is 28.3. The highest BCUT2D eigenvalue weighted by Crippen LogP contribution is 2.47. The van der Waals surface area contributed by atoms with Crippen LogP contribution >= 0.6 is 0 Å². The first-order valence-corrected chi connectivity index (χ1v) is 16.9. The quantitative estimate of drug-likeness (QED) is 0.130. The third kappa shape index (κ3) is 4.89. The molecule has 0 radical (unpaired) electrons. The van der Waals surface area contributed by atoms with Gasteiger partial charge in [-0.15, -0.1) is 0 Å². The zero-order valence-corrected chi connectivity index (χ0v) is 28.3. The molecule has 0 spiro atoms. The third-order valence-electron chi connectivity index (χ3n) is 9.94. The van der Waals surface area contributed by atoms with Crippen molar-refractivity contribution in [2.24, 2.45) is 0 Å². The summed E-state index contributed by atoms with van der Waals surface area (Å²) in [6.07, 6.45) is 15.0. The van der Waals surface area contributed by atoms with Crippen LogP contribution in [0.3, 0.4) is 0 Å². The molecule has 0 fully saturated rings. The van der Waals surface area contributed by atoms with Gasteiger partial charge in [-0.3, -0.25) is 0 Å². The molecule has 0 bridgehead atoms. The van der Waals surface area contributed by atoms with Crippen molar-refractivity contribution in [3.63, 3.8) is 0 Å². The highest BCUT2D eigenvalue weighted by atomic mass is 16.3. The lowest BCUT2D eigenvalue weighted by atomic mass is 9.91. The van der Waals surface area contributed by atoms with Crippen LogP contribution in [0.15, 0.2) is 137 Å². The molecule has 1 aromatic heterocycles. The van der Waals surface area contributed by atoms with Gasteiger partial charge in [0, 0.05) is 45.8 Å². The van der Waals surface area contributed by atoms with Gasteiger partial charge in [-0.05, 0) is 110 Å². The zero-order chi connectivity index (χ0) is 32.9. The summed E-state index contributed by atoms with van der Waals surface area (Å²) in [4.78, 5) is 4.78. The molecule has 0 saturated heterocycles. The van der Waals surface area contributed by atoms with Crippen molar-refractivity contribution in [3.8, 4) is 0 Å². The van der Waals surface area contributed by atoms with E-state index in [1.54, 1.807) is 0 Å². The first kappa shape index (κ1) is 29.8. The average Bonchev–Trinajstić information content (AvgIpc) is 3.43. The molecular weight excluding hydrogens is 585 g/mol. The van der Waals surface area contributed by atoms with Gasteiger partial charge in [0.05, 0.1) is 11.4 Å². The Balaban J connectivity index is 1.39. The van der Waals surface area contributed by atoms with E-state index in [4.69, 9.17) is 4.42 Å². The van der Waals surface area contributed by atoms with E-state index in [0.29, 0.717) is 0 Å². The molecule has 1 heterocycles. The fourth-order valence-electron chi connectivity index (χ4n) is 7.53. The van der Waals surface area contributed by atoms with Crippen LogP contribution in [-0.4, -0.2) is 7.05 Å². The molecule has 48 heavy (non-hydrogen) atoms. The molecule has 6 aromatic carbocycles. The van der Waals surface area contributed by atoms with Crippen molar-refractivity contribution >= 4 is 72.1 Å². The highest BCUT2D eigenvalue weighted by molar-refractivity contribution is 6.28. The number of hydrogen-bond donors (Lipinski definition) is 0. The largest absolute Gasteiger partial charge is 0.454 e. The third-order valence-corrected chi connectivity index (χ3v) is 9.94. The number of allylic oxidation sites excluding steroid dienone is 7. The lowest BCUT2D eigenvalue weighted by Crippen LogP contribution is -2.18. The maximum atomic E-state index is 6.69. The van der Waals surface area contributed by atoms with E-state index < -0.39 is 0 Å². The van der Waals surface area contributed by atoms with Crippen LogP contribution in [-0.2, 0) is 0 Å². The van der Waals surface area contributed by atoms with Crippen molar-refractivity contribution in [1.29, 1.82) is 0 Å². The van der Waals surface area contributed by atoms with Crippen LogP contribution in [0.5, 0.6) is 0 Å². The number of anilines is 4. The number of benzene rings is 6. The summed E-state index contributed by atoms with van der Waals surface area (Å²) in [6.45, 7) is 8.53. The van der Waals surface area contributed by atoms with Gasteiger partial charge in [0.2, 0.25) is 0 Å². The fourth-order valence-corrected chi connectivity index (χ4v) is 7.53. The molecule has 0 unspecified atom stereocenters. The number of aryl methyl sites for hydroxylation is 2. The van der Waals surface area contributed by atoms with Crippen LogP contribution in [0.2, 0.25) is 0 Å². The Bertz CT molecular complexity index is 2470. The van der Waals surface area contributed by atoms with Crippen LogP contribution in [0.25, 0.3) is 49.4 Å². The maximum Gasteiger partial charge on any atom is 0.159 e. The number of fused-ring (bicyclic) bond motifs is 1. The minimum atomic E-state index is 0.880. The highest BCUT2D eigenvalue weighted by Gasteiger charge is 2.23. The normalized spacial score (nSPS) is 13.9. The second-order valence-electron chi connectivity index (χ2n) is 13.1. The first-order chi connectivity index (χ1) is 23.4. The number of rotatable bonds is 7. The predicted octanol–water partition coefficient (Wildman–Crippen LogP) is 13.1. The lowest BCUT2D eigenvalue weighted by Gasteiger charge is -2.29. The van der Waals surface area contributed by atoms with E-state index in [1.807, 2.05) is 25.2 Å². The van der Waals surface area contributed by atoms with Crippen molar-refractivity contribution in [1.82, 2.24) is 0 Å². The Kier molecular flexibility index (Phi) is 7.41. The second-order valence-corrected chi connectivity index (χ2v) is 13.1. The molecule has 1 aliphatic carbocycles. The molecular formula is C45H40N2O. The van der Waals surface area contributed by atoms with Gasteiger partial charge in [-0.1, -0.05) is 90.5 Å². The van der Waals surface area contributed by atoms with Gasteiger partial charge >= 0.3 is 0 Å². The summed E-state index contributed by atoms with van der Waals surface area (Å²) in [5.74, 6) is 0.880. The number of para-hydroxylation sites is 1. The van der Waals surface area contributed by atoms with E-state index in [9.17, 15) is 0 Å². The molecule has 3 nitrogen and oxygen atoms in total. The lowest BCUT2D eigenvalue weighted by molar-refractivity contribution is 0.601. The van der Waals surface area contributed by atoms with Crippen LogP contribution in [0, 0.1) is 13.8 Å². The SMILES string of the molecule is C/C=C\C=C/c1oc2c(N(c3cccc(C)c3)c3ccc4ccc5c(N(C)C6=CC(C)=CCC6)ccc6ccc3c4c65)cccc2c1C. The van der Waals surface area contributed by atoms with Crippen LogP contribution in [0.1, 0.15) is 43.6 Å². The van der Waals surface area contributed by atoms with Gasteiger partial charge in [0.1, 0.15) is 5.76 Å². The molecule has 0 amide bonds. The topological polar surface area (TPSA) is 19.6 Å². The molecule has 0 aliphatic heterocycles. The molecule has 0 saturated carbocycles. The summed E-state index contributed by atoms with van der Waals surface area (Å²) in [6, 6.07) is 33.6. The first-order valence-electron chi connectivity index (χ1n) is 16.9. The van der Waals surface area contributed by atoms with E-state index in [-0.39, 0.29) is 0 Å². The number of nitrogens with zero attached hydrogens (tertiary/aromatic N) is 2. The fraction of sp³-hybridized carbons (Fsp3) is 0.156. The minimum absolute atomic E-state index is 0.880. The number of hydrogen-bond acceptors (Lipinski definition) is 3. The summed E-state index contributed by atoms with van der Waals surface area (Å²) >= 11 is 0. The summed E-state index contributed by atoms with van der Waals surface area (Å²) < 4.78 is 6.69. The minimum Gasteiger partial charge on any atom is -0.454 e.